The van der Waals surface area contributed by atoms with Crippen molar-refractivity contribution in [3.8, 4) is 0 Å². The summed E-state index contributed by atoms with van der Waals surface area (Å²) in [6.45, 7) is 5.59. The van der Waals surface area contributed by atoms with Gasteiger partial charge in [-0.1, -0.05) is 12.1 Å². The molecule has 1 aromatic carbocycles. The molecule has 0 atom stereocenters. The first-order chi connectivity index (χ1) is 10.2. The van der Waals surface area contributed by atoms with Crippen molar-refractivity contribution < 1.29 is 0 Å². The zero-order valence-electron chi connectivity index (χ0n) is 12.5. The van der Waals surface area contributed by atoms with Crippen LogP contribution < -0.4 is 5.73 Å². The fraction of sp³-hybridized carbons (Fsp3) is 0.375. The summed E-state index contributed by atoms with van der Waals surface area (Å²) in [5.74, 6) is 1.03. The molecule has 0 aliphatic rings. The molecule has 3 aromatic rings. The number of fused-ring (bicyclic) bond motifs is 1. The van der Waals surface area contributed by atoms with Gasteiger partial charge in [-0.2, -0.15) is 5.10 Å². The van der Waals surface area contributed by atoms with E-state index < -0.39 is 0 Å². The van der Waals surface area contributed by atoms with Gasteiger partial charge in [0.1, 0.15) is 5.82 Å². The topological polar surface area (TPSA) is 61.7 Å². The van der Waals surface area contributed by atoms with Crippen molar-refractivity contribution in [2.75, 3.05) is 6.54 Å². The van der Waals surface area contributed by atoms with Gasteiger partial charge in [0.25, 0.3) is 0 Å². The number of aromatic nitrogens is 4. The van der Waals surface area contributed by atoms with E-state index in [0.717, 1.165) is 35.5 Å². The molecule has 0 aliphatic heterocycles. The van der Waals surface area contributed by atoms with Gasteiger partial charge in [0.2, 0.25) is 0 Å². The average Bonchev–Trinajstić information content (AvgIpc) is 3.06. The van der Waals surface area contributed by atoms with Gasteiger partial charge in [-0.05, 0) is 38.6 Å². The van der Waals surface area contributed by atoms with E-state index in [1.807, 2.05) is 29.1 Å². The summed E-state index contributed by atoms with van der Waals surface area (Å²) in [5.41, 5.74) is 8.92. The number of imidazole rings is 1. The number of rotatable bonds is 5. The van der Waals surface area contributed by atoms with E-state index >= 15 is 0 Å². The minimum atomic E-state index is 0.377. The molecule has 0 amide bonds. The molecule has 0 aliphatic carbocycles. The Hall–Kier alpha value is -2.14. The van der Waals surface area contributed by atoms with Crippen LogP contribution in [-0.2, 0) is 13.0 Å². The predicted octanol–water partition coefficient (Wildman–Crippen LogP) is 2.36. The largest absolute Gasteiger partial charge is 0.330 e. The standard InChI is InChI=1S/C16H21N5/c1-12(2)21-10-8-13(19-21)11-20-15-6-4-3-5-14(15)18-16(20)7-9-17/h3-6,8,10,12H,7,9,11,17H2,1-2H3. The molecule has 2 N–H and O–H groups in total. The Kier molecular flexibility index (Phi) is 3.75. The normalized spacial score (nSPS) is 11.6. The quantitative estimate of drug-likeness (QED) is 0.782. The third-order valence-electron chi connectivity index (χ3n) is 3.61. The maximum atomic E-state index is 5.72. The molecule has 0 radical (unpaired) electrons. The number of hydrogen-bond donors (Lipinski definition) is 1. The third kappa shape index (κ3) is 2.69. The molecule has 21 heavy (non-hydrogen) atoms. The van der Waals surface area contributed by atoms with Gasteiger partial charge in [0, 0.05) is 18.7 Å². The second-order valence-corrected chi connectivity index (χ2v) is 5.52. The number of para-hydroxylation sites is 2. The second-order valence-electron chi connectivity index (χ2n) is 5.52. The van der Waals surface area contributed by atoms with E-state index in [-0.39, 0.29) is 0 Å². The van der Waals surface area contributed by atoms with Crippen LogP contribution in [-0.4, -0.2) is 25.9 Å². The SMILES string of the molecule is CC(C)n1ccc(Cn2c(CCN)nc3ccccc32)n1. The first kappa shape index (κ1) is 13.8. The summed E-state index contributed by atoms with van der Waals surface area (Å²) in [4.78, 5) is 4.69. The van der Waals surface area contributed by atoms with Crippen molar-refractivity contribution in [1.82, 2.24) is 19.3 Å². The van der Waals surface area contributed by atoms with Gasteiger partial charge >= 0.3 is 0 Å². The molecule has 0 bridgehead atoms. The van der Waals surface area contributed by atoms with Crippen LogP contribution in [0.15, 0.2) is 36.5 Å². The Morgan fingerprint density at radius 3 is 2.71 bits per heavy atom. The van der Waals surface area contributed by atoms with Crippen LogP contribution in [0.25, 0.3) is 11.0 Å². The van der Waals surface area contributed by atoms with Crippen molar-refractivity contribution in [3.05, 3.63) is 48.0 Å². The van der Waals surface area contributed by atoms with Crippen molar-refractivity contribution >= 4 is 11.0 Å². The minimum absolute atomic E-state index is 0.377. The molecule has 2 aromatic heterocycles. The highest BCUT2D eigenvalue weighted by atomic mass is 15.3. The van der Waals surface area contributed by atoms with Crippen LogP contribution in [0.5, 0.6) is 0 Å². The Morgan fingerprint density at radius 2 is 2.00 bits per heavy atom. The van der Waals surface area contributed by atoms with E-state index in [1.54, 1.807) is 0 Å². The number of nitrogens with zero attached hydrogens (tertiary/aromatic N) is 4. The summed E-state index contributed by atoms with van der Waals surface area (Å²) in [7, 11) is 0. The van der Waals surface area contributed by atoms with E-state index in [2.05, 4.69) is 40.6 Å². The lowest BCUT2D eigenvalue weighted by atomic mass is 10.3. The van der Waals surface area contributed by atoms with Crippen LogP contribution in [0.3, 0.4) is 0 Å². The van der Waals surface area contributed by atoms with Gasteiger partial charge in [-0.25, -0.2) is 4.98 Å². The highest BCUT2D eigenvalue weighted by Crippen LogP contribution is 2.18. The lowest BCUT2D eigenvalue weighted by Crippen LogP contribution is -2.11. The molecular formula is C16H21N5. The van der Waals surface area contributed by atoms with E-state index in [9.17, 15) is 0 Å². The van der Waals surface area contributed by atoms with Gasteiger partial charge in [-0.3, -0.25) is 4.68 Å². The minimum Gasteiger partial charge on any atom is -0.330 e. The zero-order valence-corrected chi connectivity index (χ0v) is 12.5. The molecule has 0 saturated carbocycles. The Bertz CT molecular complexity index is 738. The summed E-state index contributed by atoms with van der Waals surface area (Å²) in [6.07, 6.45) is 2.81. The Labute approximate surface area is 124 Å². The zero-order chi connectivity index (χ0) is 14.8. The lowest BCUT2D eigenvalue weighted by molar-refractivity contribution is 0.523. The lowest BCUT2D eigenvalue weighted by Gasteiger charge is -2.07. The van der Waals surface area contributed by atoms with E-state index in [4.69, 9.17) is 5.73 Å². The molecule has 110 valence electrons. The van der Waals surface area contributed by atoms with Crippen LogP contribution in [0.4, 0.5) is 0 Å². The fourth-order valence-corrected chi connectivity index (χ4v) is 2.53. The van der Waals surface area contributed by atoms with Crippen LogP contribution in [0.1, 0.15) is 31.4 Å². The molecule has 0 spiro atoms. The van der Waals surface area contributed by atoms with Crippen molar-refractivity contribution in [2.24, 2.45) is 5.73 Å². The molecule has 2 heterocycles. The Balaban J connectivity index is 1.99. The van der Waals surface area contributed by atoms with Gasteiger partial charge in [0.05, 0.1) is 23.3 Å². The second kappa shape index (κ2) is 5.69. The number of benzene rings is 1. The van der Waals surface area contributed by atoms with Gasteiger partial charge in [-0.15, -0.1) is 0 Å². The molecule has 0 unspecified atom stereocenters. The summed E-state index contributed by atoms with van der Waals surface area (Å²) < 4.78 is 4.20. The average molecular weight is 283 g/mol. The molecular weight excluding hydrogens is 262 g/mol. The van der Waals surface area contributed by atoms with E-state index in [1.165, 1.54) is 0 Å². The monoisotopic (exact) mass is 283 g/mol. The maximum absolute atomic E-state index is 5.72. The molecule has 5 heteroatoms. The molecule has 0 fully saturated rings. The Morgan fingerprint density at radius 1 is 1.19 bits per heavy atom. The van der Waals surface area contributed by atoms with Crippen LogP contribution in [0, 0.1) is 0 Å². The molecule has 0 saturated heterocycles. The third-order valence-corrected chi connectivity index (χ3v) is 3.61. The summed E-state index contributed by atoms with van der Waals surface area (Å²) >= 11 is 0. The number of hydrogen-bond acceptors (Lipinski definition) is 3. The fourth-order valence-electron chi connectivity index (χ4n) is 2.53. The van der Waals surface area contributed by atoms with Gasteiger partial charge < -0.3 is 10.3 Å². The van der Waals surface area contributed by atoms with E-state index in [0.29, 0.717) is 12.6 Å². The smallest absolute Gasteiger partial charge is 0.111 e. The van der Waals surface area contributed by atoms with Crippen molar-refractivity contribution in [2.45, 2.75) is 32.9 Å². The predicted molar refractivity (Wildman–Crippen MR) is 84.2 cm³/mol. The highest BCUT2D eigenvalue weighted by molar-refractivity contribution is 5.76. The summed E-state index contributed by atoms with van der Waals surface area (Å²) in [6, 6.07) is 10.6. The maximum Gasteiger partial charge on any atom is 0.111 e. The molecule has 5 nitrogen and oxygen atoms in total. The van der Waals surface area contributed by atoms with Crippen LogP contribution in [0.2, 0.25) is 0 Å². The first-order valence-corrected chi connectivity index (χ1v) is 7.37. The van der Waals surface area contributed by atoms with Crippen molar-refractivity contribution in [1.29, 1.82) is 0 Å². The van der Waals surface area contributed by atoms with Gasteiger partial charge in [0.15, 0.2) is 0 Å². The summed E-state index contributed by atoms with van der Waals surface area (Å²) in [5, 5.41) is 4.63. The van der Waals surface area contributed by atoms with Crippen LogP contribution >= 0.6 is 0 Å². The molecule has 3 rings (SSSR count). The first-order valence-electron chi connectivity index (χ1n) is 7.37. The van der Waals surface area contributed by atoms with Crippen molar-refractivity contribution in [3.63, 3.8) is 0 Å². The highest BCUT2D eigenvalue weighted by Gasteiger charge is 2.11. The number of nitrogens with two attached hydrogens (primary N) is 1.